The van der Waals surface area contributed by atoms with Crippen LogP contribution in [0, 0.1) is 17.0 Å². The van der Waals surface area contributed by atoms with Gasteiger partial charge in [0.25, 0.3) is 5.69 Å². The zero-order valence-electron chi connectivity index (χ0n) is 15.3. The summed E-state index contributed by atoms with van der Waals surface area (Å²) in [6.45, 7) is 6.43. The summed E-state index contributed by atoms with van der Waals surface area (Å²) in [5.74, 6) is 0. The molecule has 2 aromatic carbocycles. The van der Waals surface area contributed by atoms with Gasteiger partial charge in [0.1, 0.15) is 0 Å². The van der Waals surface area contributed by atoms with Gasteiger partial charge < -0.3 is 4.90 Å². The molecule has 3 aromatic rings. The smallest absolute Gasteiger partial charge is 0.272 e. The van der Waals surface area contributed by atoms with E-state index in [-0.39, 0.29) is 10.6 Å². The maximum Gasteiger partial charge on any atom is 0.272 e. The highest BCUT2D eigenvalue weighted by Crippen LogP contribution is 2.25. The van der Waals surface area contributed by atoms with Gasteiger partial charge in [-0.3, -0.25) is 20.0 Å². The molecule has 1 saturated heterocycles. The third-order valence-electron chi connectivity index (χ3n) is 5.22. The van der Waals surface area contributed by atoms with E-state index in [0.717, 1.165) is 43.9 Å². The topological polar surface area (TPSA) is 62.5 Å². The summed E-state index contributed by atoms with van der Waals surface area (Å²) < 4.78 is 0. The second-order valence-electron chi connectivity index (χ2n) is 6.98. The molecular formula is C21H22N4O2. The third kappa shape index (κ3) is 3.61. The molecule has 4 rings (SSSR count). The molecule has 0 unspecified atom stereocenters. The summed E-state index contributed by atoms with van der Waals surface area (Å²) in [5.41, 5.74) is 4.29. The third-order valence-corrected chi connectivity index (χ3v) is 5.22. The molecule has 27 heavy (non-hydrogen) atoms. The first kappa shape index (κ1) is 17.4. The number of para-hydroxylation sites is 1. The number of rotatable bonds is 4. The minimum absolute atomic E-state index is 0.181. The van der Waals surface area contributed by atoms with Gasteiger partial charge in [-0.25, -0.2) is 0 Å². The summed E-state index contributed by atoms with van der Waals surface area (Å²) in [6.07, 6.45) is 1.85. The molecule has 6 nitrogen and oxygen atoms in total. The van der Waals surface area contributed by atoms with E-state index < -0.39 is 0 Å². The molecule has 1 fully saturated rings. The average molecular weight is 362 g/mol. The highest BCUT2D eigenvalue weighted by molar-refractivity contribution is 5.81. The average Bonchev–Trinajstić information content (AvgIpc) is 2.68. The van der Waals surface area contributed by atoms with Crippen LogP contribution in [0.5, 0.6) is 0 Å². The molecule has 1 aromatic heterocycles. The molecular weight excluding hydrogens is 340 g/mol. The molecule has 0 radical (unpaired) electrons. The second-order valence-corrected chi connectivity index (χ2v) is 6.98. The number of fused-ring (bicyclic) bond motifs is 1. The van der Waals surface area contributed by atoms with Crippen LogP contribution >= 0.6 is 0 Å². The number of hydrogen-bond acceptors (Lipinski definition) is 5. The predicted molar refractivity (Wildman–Crippen MR) is 107 cm³/mol. The number of nitrogens with zero attached hydrogens (tertiary/aromatic N) is 4. The lowest BCUT2D eigenvalue weighted by molar-refractivity contribution is -0.385. The van der Waals surface area contributed by atoms with E-state index in [1.165, 1.54) is 10.9 Å². The molecule has 1 aliphatic heterocycles. The van der Waals surface area contributed by atoms with Crippen LogP contribution in [0.1, 0.15) is 11.1 Å². The van der Waals surface area contributed by atoms with Crippen molar-refractivity contribution in [1.29, 1.82) is 0 Å². The Morgan fingerprint density at radius 3 is 2.59 bits per heavy atom. The first-order valence-corrected chi connectivity index (χ1v) is 9.17. The van der Waals surface area contributed by atoms with Gasteiger partial charge in [0, 0.05) is 61.6 Å². The number of hydrogen-bond donors (Lipinski definition) is 0. The Hall–Kier alpha value is -2.99. The van der Waals surface area contributed by atoms with Crippen LogP contribution in [0.2, 0.25) is 0 Å². The second kappa shape index (κ2) is 7.32. The van der Waals surface area contributed by atoms with E-state index in [2.05, 4.69) is 39.0 Å². The normalized spacial score (nSPS) is 15.2. The van der Waals surface area contributed by atoms with E-state index in [1.54, 1.807) is 13.0 Å². The Morgan fingerprint density at radius 1 is 1.07 bits per heavy atom. The number of anilines is 1. The van der Waals surface area contributed by atoms with Crippen molar-refractivity contribution < 1.29 is 4.92 Å². The van der Waals surface area contributed by atoms with Crippen molar-refractivity contribution in [3.8, 4) is 0 Å². The van der Waals surface area contributed by atoms with E-state index in [0.29, 0.717) is 5.56 Å². The fourth-order valence-electron chi connectivity index (χ4n) is 3.74. The number of aromatic nitrogens is 1. The molecule has 1 aliphatic rings. The minimum Gasteiger partial charge on any atom is -0.369 e. The quantitative estimate of drug-likeness (QED) is 0.522. The van der Waals surface area contributed by atoms with Gasteiger partial charge in [-0.05, 0) is 30.7 Å². The van der Waals surface area contributed by atoms with Crippen molar-refractivity contribution in [2.75, 3.05) is 31.1 Å². The van der Waals surface area contributed by atoms with Gasteiger partial charge in [0.15, 0.2) is 0 Å². The molecule has 0 N–H and O–H groups in total. The van der Waals surface area contributed by atoms with Crippen LogP contribution in [0.15, 0.2) is 54.7 Å². The minimum atomic E-state index is -0.324. The van der Waals surface area contributed by atoms with Crippen molar-refractivity contribution >= 4 is 22.3 Å². The van der Waals surface area contributed by atoms with Gasteiger partial charge in [-0.1, -0.05) is 24.3 Å². The van der Waals surface area contributed by atoms with Crippen molar-refractivity contribution in [1.82, 2.24) is 9.88 Å². The maximum absolute atomic E-state index is 11.0. The molecule has 0 aliphatic carbocycles. The molecule has 6 heteroatoms. The van der Waals surface area contributed by atoms with Crippen molar-refractivity contribution in [2.45, 2.75) is 13.5 Å². The molecule has 0 bridgehead atoms. The first-order chi connectivity index (χ1) is 13.1. The van der Waals surface area contributed by atoms with Gasteiger partial charge in [0.2, 0.25) is 0 Å². The Balaban J connectivity index is 1.43. The standard InChI is InChI=1S/C21H22N4O2/c1-16-14-19(7-8-20(16)25(26)27)24-12-10-23(11-13-24)15-18-5-2-4-17-6-3-9-22-21(17)18/h2-9,14H,10-13,15H2,1H3. The fourth-order valence-corrected chi connectivity index (χ4v) is 3.74. The summed E-state index contributed by atoms with van der Waals surface area (Å²) in [7, 11) is 0. The van der Waals surface area contributed by atoms with E-state index in [1.807, 2.05) is 24.4 Å². The zero-order chi connectivity index (χ0) is 18.8. The number of pyridine rings is 1. The van der Waals surface area contributed by atoms with Crippen LogP contribution in [-0.2, 0) is 6.54 Å². The van der Waals surface area contributed by atoms with Crippen LogP contribution in [-0.4, -0.2) is 41.0 Å². The summed E-state index contributed by atoms with van der Waals surface area (Å²) in [5, 5.41) is 12.2. The molecule has 0 spiro atoms. The number of nitro benzene ring substituents is 1. The van der Waals surface area contributed by atoms with Crippen molar-refractivity contribution in [2.24, 2.45) is 0 Å². The van der Waals surface area contributed by atoms with Crippen molar-refractivity contribution in [3.63, 3.8) is 0 Å². The highest BCUT2D eigenvalue weighted by Gasteiger charge is 2.20. The Morgan fingerprint density at radius 2 is 1.85 bits per heavy atom. The highest BCUT2D eigenvalue weighted by atomic mass is 16.6. The van der Waals surface area contributed by atoms with E-state index in [9.17, 15) is 10.1 Å². The predicted octanol–water partition coefficient (Wildman–Crippen LogP) is 3.77. The van der Waals surface area contributed by atoms with Crippen molar-refractivity contribution in [3.05, 3.63) is 76.0 Å². The SMILES string of the molecule is Cc1cc(N2CCN(Cc3cccc4cccnc34)CC2)ccc1[N+](=O)[O-]. The fraction of sp³-hybridized carbons (Fsp3) is 0.286. The Kier molecular flexibility index (Phi) is 4.73. The van der Waals surface area contributed by atoms with Gasteiger partial charge >= 0.3 is 0 Å². The lowest BCUT2D eigenvalue weighted by Gasteiger charge is -2.36. The molecule has 138 valence electrons. The largest absolute Gasteiger partial charge is 0.369 e. The molecule has 0 amide bonds. The number of benzene rings is 2. The lowest BCUT2D eigenvalue weighted by atomic mass is 10.1. The lowest BCUT2D eigenvalue weighted by Crippen LogP contribution is -2.46. The first-order valence-electron chi connectivity index (χ1n) is 9.17. The number of piperazine rings is 1. The van der Waals surface area contributed by atoms with Crippen LogP contribution in [0.4, 0.5) is 11.4 Å². The van der Waals surface area contributed by atoms with Crippen LogP contribution in [0.25, 0.3) is 10.9 Å². The molecule has 0 atom stereocenters. The summed E-state index contributed by atoms with van der Waals surface area (Å²) >= 11 is 0. The van der Waals surface area contributed by atoms with Gasteiger partial charge in [-0.15, -0.1) is 0 Å². The van der Waals surface area contributed by atoms with E-state index >= 15 is 0 Å². The van der Waals surface area contributed by atoms with Gasteiger partial charge in [-0.2, -0.15) is 0 Å². The monoisotopic (exact) mass is 362 g/mol. The van der Waals surface area contributed by atoms with Crippen LogP contribution in [0.3, 0.4) is 0 Å². The molecule has 0 saturated carbocycles. The Labute approximate surface area is 158 Å². The number of nitro groups is 1. The Bertz CT molecular complexity index is 976. The number of aryl methyl sites for hydroxylation is 1. The maximum atomic E-state index is 11.0. The summed E-state index contributed by atoms with van der Waals surface area (Å²) in [6, 6.07) is 15.8. The zero-order valence-corrected chi connectivity index (χ0v) is 15.3. The molecule has 2 heterocycles. The van der Waals surface area contributed by atoms with Gasteiger partial charge in [0.05, 0.1) is 10.4 Å². The van der Waals surface area contributed by atoms with Crippen LogP contribution < -0.4 is 4.90 Å². The summed E-state index contributed by atoms with van der Waals surface area (Å²) in [4.78, 5) is 20.0. The van der Waals surface area contributed by atoms with E-state index in [4.69, 9.17) is 0 Å².